The third kappa shape index (κ3) is 2.69. The van der Waals surface area contributed by atoms with Crippen molar-refractivity contribution in [1.82, 2.24) is 0 Å². The Hall–Kier alpha value is -0.870. The topological polar surface area (TPSA) is 43.1 Å². The number of halogens is 2. The Balaban J connectivity index is 2.41. The molecule has 0 radical (unpaired) electrons. The molecule has 0 aliphatic heterocycles. The molecule has 2 nitrogen and oxygen atoms in total. The minimum absolute atomic E-state index is 0.482. The lowest BCUT2D eigenvalue weighted by atomic mass is 10.2. The van der Waals surface area contributed by atoms with E-state index in [9.17, 15) is 4.79 Å². The van der Waals surface area contributed by atoms with Crippen LogP contribution < -0.4 is 5.73 Å². The maximum absolute atomic E-state index is 11.0. The Morgan fingerprint density at radius 1 is 1.29 bits per heavy atom. The van der Waals surface area contributed by atoms with Gasteiger partial charge in [-0.25, -0.2) is 0 Å². The monoisotopic (exact) mass is 285 g/mol. The first-order chi connectivity index (χ1) is 8.09. The van der Waals surface area contributed by atoms with E-state index in [4.69, 9.17) is 28.9 Å². The Kier molecular flexibility index (Phi) is 3.84. The SMILES string of the molecule is NC(C(=O)Cl)c1sc(-c2ccccc2)cc1Cl. The lowest BCUT2D eigenvalue weighted by Crippen LogP contribution is -2.15. The van der Waals surface area contributed by atoms with E-state index in [0.29, 0.717) is 9.90 Å². The summed E-state index contributed by atoms with van der Waals surface area (Å²) in [5.41, 5.74) is 6.72. The highest BCUT2D eigenvalue weighted by atomic mass is 35.5. The number of benzene rings is 1. The number of hydrogen-bond acceptors (Lipinski definition) is 3. The largest absolute Gasteiger partial charge is 0.316 e. The molecule has 0 aliphatic carbocycles. The van der Waals surface area contributed by atoms with Crippen molar-refractivity contribution in [3.05, 3.63) is 46.3 Å². The van der Waals surface area contributed by atoms with Crippen LogP contribution in [0.4, 0.5) is 0 Å². The van der Waals surface area contributed by atoms with Crippen LogP contribution in [-0.2, 0) is 4.79 Å². The first-order valence-electron chi connectivity index (χ1n) is 4.89. The summed E-state index contributed by atoms with van der Waals surface area (Å²) in [7, 11) is 0. The maximum Gasteiger partial charge on any atom is 0.243 e. The highest BCUT2D eigenvalue weighted by molar-refractivity contribution is 7.16. The molecular formula is C12H9Cl2NOS. The predicted molar refractivity (Wildman–Crippen MR) is 72.6 cm³/mol. The van der Waals surface area contributed by atoms with Crippen molar-refractivity contribution in [3.63, 3.8) is 0 Å². The normalized spacial score (nSPS) is 12.4. The minimum atomic E-state index is -0.855. The van der Waals surface area contributed by atoms with Gasteiger partial charge in [0.25, 0.3) is 0 Å². The van der Waals surface area contributed by atoms with Crippen molar-refractivity contribution in [3.8, 4) is 10.4 Å². The van der Waals surface area contributed by atoms with E-state index in [1.54, 1.807) is 6.07 Å². The minimum Gasteiger partial charge on any atom is -0.316 e. The smallest absolute Gasteiger partial charge is 0.243 e. The summed E-state index contributed by atoms with van der Waals surface area (Å²) in [4.78, 5) is 12.6. The summed E-state index contributed by atoms with van der Waals surface area (Å²) in [6, 6.07) is 10.7. The van der Waals surface area contributed by atoms with E-state index >= 15 is 0 Å². The van der Waals surface area contributed by atoms with Gasteiger partial charge in [-0.2, -0.15) is 0 Å². The quantitative estimate of drug-likeness (QED) is 0.871. The van der Waals surface area contributed by atoms with Gasteiger partial charge < -0.3 is 5.73 Å². The molecule has 0 aliphatic rings. The van der Waals surface area contributed by atoms with E-state index in [1.807, 2.05) is 30.3 Å². The van der Waals surface area contributed by atoms with E-state index in [1.165, 1.54) is 11.3 Å². The van der Waals surface area contributed by atoms with Crippen LogP contribution in [0, 0.1) is 0 Å². The van der Waals surface area contributed by atoms with Crippen LogP contribution in [-0.4, -0.2) is 5.24 Å². The van der Waals surface area contributed by atoms with Gasteiger partial charge in [-0.05, 0) is 23.2 Å². The lowest BCUT2D eigenvalue weighted by Gasteiger charge is -2.02. The molecule has 0 spiro atoms. The first-order valence-corrected chi connectivity index (χ1v) is 6.46. The van der Waals surface area contributed by atoms with Crippen molar-refractivity contribution in [2.24, 2.45) is 5.73 Å². The van der Waals surface area contributed by atoms with Gasteiger partial charge in [-0.15, -0.1) is 11.3 Å². The van der Waals surface area contributed by atoms with Crippen molar-refractivity contribution in [2.75, 3.05) is 0 Å². The van der Waals surface area contributed by atoms with Gasteiger partial charge in [0.1, 0.15) is 6.04 Å². The Morgan fingerprint density at radius 3 is 2.53 bits per heavy atom. The summed E-state index contributed by atoms with van der Waals surface area (Å²) in [5, 5.41) is -0.122. The van der Waals surface area contributed by atoms with E-state index in [2.05, 4.69) is 0 Å². The van der Waals surface area contributed by atoms with Gasteiger partial charge in [-0.1, -0.05) is 41.9 Å². The third-order valence-corrected chi connectivity index (χ3v) is 4.23. The van der Waals surface area contributed by atoms with Crippen LogP contribution in [0.3, 0.4) is 0 Å². The molecule has 1 atom stereocenters. The van der Waals surface area contributed by atoms with Gasteiger partial charge in [0, 0.05) is 9.75 Å². The highest BCUT2D eigenvalue weighted by Gasteiger charge is 2.20. The van der Waals surface area contributed by atoms with Crippen molar-refractivity contribution >= 4 is 39.8 Å². The molecule has 2 aromatic rings. The number of thiophene rings is 1. The second kappa shape index (κ2) is 5.19. The predicted octanol–water partition coefficient (Wildman–Crippen LogP) is 3.83. The standard InChI is InChI=1S/C12H9Cl2NOS/c13-8-6-9(7-4-2-1-3-5-7)17-11(8)10(15)12(14)16/h1-6,10H,15H2. The summed E-state index contributed by atoms with van der Waals surface area (Å²) in [6.45, 7) is 0. The molecule has 0 amide bonds. The van der Waals surface area contributed by atoms with Crippen LogP contribution in [0.5, 0.6) is 0 Å². The van der Waals surface area contributed by atoms with Crippen molar-refractivity contribution < 1.29 is 4.79 Å². The van der Waals surface area contributed by atoms with E-state index in [-0.39, 0.29) is 0 Å². The van der Waals surface area contributed by atoms with Crippen LogP contribution in [0.25, 0.3) is 10.4 Å². The average Bonchev–Trinajstić information content (AvgIpc) is 2.71. The van der Waals surface area contributed by atoms with Gasteiger partial charge in [0.2, 0.25) is 5.24 Å². The third-order valence-electron chi connectivity index (χ3n) is 2.30. The zero-order valence-electron chi connectivity index (χ0n) is 8.69. The molecule has 2 N–H and O–H groups in total. The molecule has 1 aromatic heterocycles. The lowest BCUT2D eigenvalue weighted by molar-refractivity contribution is -0.112. The van der Waals surface area contributed by atoms with Crippen molar-refractivity contribution in [2.45, 2.75) is 6.04 Å². The van der Waals surface area contributed by atoms with Crippen LogP contribution in [0.1, 0.15) is 10.9 Å². The summed E-state index contributed by atoms with van der Waals surface area (Å²) in [5.74, 6) is 0. The summed E-state index contributed by atoms with van der Waals surface area (Å²) < 4.78 is 0. The molecule has 1 aromatic carbocycles. The van der Waals surface area contributed by atoms with Crippen molar-refractivity contribution in [1.29, 1.82) is 0 Å². The Bertz CT molecular complexity index is 539. The molecule has 0 saturated heterocycles. The van der Waals surface area contributed by atoms with Crippen LogP contribution in [0.15, 0.2) is 36.4 Å². The van der Waals surface area contributed by atoms with E-state index in [0.717, 1.165) is 10.4 Å². The first kappa shape index (κ1) is 12.6. The molecule has 88 valence electrons. The number of rotatable bonds is 3. The van der Waals surface area contributed by atoms with Gasteiger partial charge in [-0.3, -0.25) is 4.79 Å². The van der Waals surface area contributed by atoms with Gasteiger partial charge in [0.05, 0.1) is 5.02 Å². The van der Waals surface area contributed by atoms with Gasteiger partial charge >= 0.3 is 0 Å². The molecule has 1 heterocycles. The average molecular weight is 286 g/mol. The van der Waals surface area contributed by atoms with Crippen LogP contribution >= 0.6 is 34.5 Å². The molecule has 17 heavy (non-hydrogen) atoms. The van der Waals surface area contributed by atoms with Gasteiger partial charge in [0.15, 0.2) is 0 Å². The molecule has 2 rings (SSSR count). The van der Waals surface area contributed by atoms with Crippen LogP contribution in [0.2, 0.25) is 5.02 Å². The number of carbonyl (C=O) groups excluding carboxylic acids is 1. The highest BCUT2D eigenvalue weighted by Crippen LogP contribution is 2.37. The summed E-state index contributed by atoms with van der Waals surface area (Å²) >= 11 is 12.8. The fourth-order valence-corrected chi connectivity index (χ4v) is 3.08. The summed E-state index contributed by atoms with van der Waals surface area (Å²) in [6.07, 6.45) is 0. The fraction of sp³-hybridized carbons (Fsp3) is 0.0833. The second-order valence-corrected chi connectivity index (χ2v) is 5.33. The molecule has 0 bridgehead atoms. The molecule has 1 unspecified atom stereocenters. The molecule has 0 fully saturated rings. The Labute approximate surface area is 113 Å². The molecule has 5 heteroatoms. The molecular weight excluding hydrogens is 277 g/mol. The second-order valence-electron chi connectivity index (χ2n) is 3.47. The Morgan fingerprint density at radius 2 is 1.94 bits per heavy atom. The number of nitrogens with two attached hydrogens (primary N) is 1. The molecule has 0 saturated carbocycles. The van der Waals surface area contributed by atoms with E-state index < -0.39 is 11.3 Å². The zero-order chi connectivity index (χ0) is 12.4. The maximum atomic E-state index is 11.0. The number of carbonyl (C=O) groups is 1. The zero-order valence-corrected chi connectivity index (χ0v) is 11.0. The fourth-order valence-electron chi connectivity index (χ4n) is 1.44. The number of hydrogen-bond donors (Lipinski definition) is 1.